The molecule has 0 aromatic heterocycles. The summed E-state index contributed by atoms with van der Waals surface area (Å²) in [6.45, 7) is 0.955. The van der Waals surface area contributed by atoms with Crippen molar-refractivity contribution in [2.75, 3.05) is 6.54 Å². The number of nitrogens with one attached hydrogen (secondary N) is 1. The molecule has 4 heteroatoms. The Labute approximate surface area is 94.8 Å². The van der Waals surface area contributed by atoms with Crippen LogP contribution in [0.1, 0.15) is 24.8 Å². The number of para-hydroxylation sites is 1. The molecule has 0 saturated heterocycles. The molecule has 0 atom stereocenters. The minimum Gasteiger partial charge on any atom is -0.314 e. The first kappa shape index (κ1) is 11.1. The van der Waals surface area contributed by atoms with Crippen molar-refractivity contribution in [3.8, 4) is 0 Å². The SMILES string of the molecule is O=[N+]([O-])c1ccccc1CCCNC1CC1. The van der Waals surface area contributed by atoms with Crippen molar-refractivity contribution in [1.82, 2.24) is 5.32 Å². The lowest BCUT2D eigenvalue weighted by Gasteiger charge is -2.03. The molecule has 0 heterocycles. The molecule has 1 saturated carbocycles. The van der Waals surface area contributed by atoms with E-state index < -0.39 is 0 Å². The Morgan fingerprint density at radius 1 is 1.38 bits per heavy atom. The number of rotatable bonds is 6. The van der Waals surface area contributed by atoms with Crippen molar-refractivity contribution in [3.63, 3.8) is 0 Å². The molecule has 1 aliphatic rings. The molecule has 1 aliphatic carbocycles. The quantitative estimate of drug-likeness (QED) is 0.454. The van der Waals surface area contributed by atoms with Crippen LogP contribution in [0.4, 0.5) is 5.69 Å². The van der Waals surface area contributed by atoms with Gasteiger partial charge in [-0.2, -0.15) is 0 Å². The number of nitro groups is 1. The van der Waals surface area contributed by atoms with Crippen LogP contribution in [-0.2, 0) is 6.42 Å². The van der Waals surface area contributed by atoms with Crippen LogP contribution >= 0.6 is 0 Å². The first-order chi connectivity index (χ1) is 7.77. The number of nitrogens with zero attached hydrogens (tertiary/aromatic N) is 1. The van der Waals surface area contributed by atoms with E-state index in [1.165, 1.54) is 12.8 Å². The Balaban J connectivity index is 1.84. The summed E-state index contributed by atoms with van der Waals surface area (Å²) in [4.78, 5) is 10.5. The summed E-state index contributed by atoms with van der Waals surface area (Å²) in [6.07, 6.45) is 4.30. The number of nitro benzene ring substituents is 1. The number of hydrogen-bond donors (Lipinski definition) is 1. The van der Waals surface area contributed by atoms with E-state index in [1.807, 2.05) is 12.1 Å². The highest BCUT2D eigenvalue weighted by molar-refractivity contribution is 5.39. The van der Waals surface area contributed by atoms with Gasteiger partial charge in [0.2, 0.25) is 0 Å². The van der Waals surface area contributed by atoms with Crippen LogP contribution in [0.3, 0.4) is 0 Å². The molecule has 1 N–H and O–H groups in total. The van der Waals surface area contributed by atoms with Gasteiger partial charge in [-0.05, 0) is 32.2 Å². The summed E-state index contributed by atoms with van der Waals surface area (Å²) in [5, 5.41) is 14.2. The van der Waals surface area contributed by atoms with Crippen LogP contribution in [0.5, 0.6) is 0 Å². The lowest BCUT2D eigenvalue weighted by Crippen LogP contribution is -2.17. The van der Waals surface area contributed by atoms with Gasteiger partial charge in [-0.1, -0.05) is 18.2 Å². The summed E-state index contributed by atoms with van der Waals surface area (Å²) >= 11 is 0. The fourth-order valence-corrected chi connectivity index (χ4v) is 1.77. The molecule has 2 rings (SSSR count). The van der Waals surface area contributed by atoms with Crippen LogP contribution in [0.2, 0.25) is 0 Å². The summed E-state index contributed by atoms with van der Waals surface area (Å²) in [7, 11) is 0. The Kier molecular flexibility index (Phi) is 3.51. The van der Waals surface area contributed by atoms with Gasteiger partial charge in [-0.15, -0.1) is 0 Å². The Bertz CT molecular complexity index is 375. The fourth-order valence-electron chi connectivity index (χ4n) is 1.77. The summed E-state index contributed by atoms with van der Waals surface area (Å²) in [6, 6.07) is 7.70. The monoisotopic (exact) mass is 220 g/mol. The van der Waals surface area contributed by atoms with Gasteiger partial charge >= 0.3 is 0 Å². The molecule has 1 fully saturated rings. The van der Waals surface area contributed by atoms with Crippen molar-refractivity contribution < 1.29 is 4.92 Å². The Hall–Kier alpha value is -1.42. The van der Waals surface area contributed by atoms with Crippen LogP contribution in [0, 0.1) is 10.1 Å². The molecule has 0 spiro atoms. The number of benzene rings is 1. The first-order valence-corrected chi connectivity index (χ1v) is 5.73. The molecule has 86 valence electrons. The van der Waals surface area contributed by atoms with Gasteiger partial charge in [0.05, 0.1) is 4.92 Å². The predicted molar refractivity (Wildman–Crippen MR) is 62.4 cm³/mol. The van der Waals surface area contributed by atoms with Gasteiger partial charge in [-0.3, -0.25) is 10.1 Å². The van der Waals surface area contributed by atoms with E-state index in [2.05, 4.69) is 5.32 Å². The smallest absolute Gasteiger partial charge is 0.272 e. The highest BCUT2D eigenvalue weighted by Crippen LogP contribution is 2.20. The number of hydrogen-bond acceptors (Lipinski definition) is 3. The molecule has 0 radical (unpaired) electrons. The van der Waals surface area contributed by atoms with E-state index in [0.717, 1.165) is 24.9 Å². The van der Waals surface area contributed by atoms with E-state index in [1.54, 1.807) is 12.1 Å². The van der Waals surface area contributed by atoms with Crippen LogP contribution in [-0.4, -0.2) is 17.5 Å². The predicted octanol–water partition coefficient (Wildman–Crippen LogP) is 2.28. The summed E-state index contributed by atoms with van der Waals surface area (Å²) in [5.41, 5.74) is 1.08. The van der Waals surface area contributed by atoms with Gasteiger partial charge in [0.15, 0.2) is 0 Å². The zero-order valence-corrected chi connectivity index (χ0v) is 9.19. The number of aryl methyl sites for hydroxylation is 1. The second-order valence-corrected chi connectivity index (χ2v) is 4.22. The summed E-state index contributed by atoms with van der Waals surface area (Å²) in [5.74, 6) is 0. The molecule has 0 amide bonds. The average Bonchev–Trinajstić information content (AvgIpc) is 3.08. The average molecular weight is 220 g/mol. The maximum absolute atomic E-state index is 10.8. The van der Waals surface area contributed by atoms with E-state index >= 15 is 0 Å². The minimum atomic E-state index is -0.302. The standard InChI is InChI=1S/C12H16N2O2/c15-14(16)12-6-2-1-4-10(12)5-3-9-13-11-7-8-11/h1-2,4,6,11,13H,3,5,7-9H2. The molecular weight excluding hydrogens is 204 g/mol. The fraction of sp³-hybridized carbons (Fsp3) is 0.500. The normalized spacial score (nSPS) is 15.0. The van der Waals surface area contributed by atoms with Crippen LogP contribution in [0.15, 0.2) is 24.3 Å². The minimum absolute atomic E-state index is 0.244. The van der Waals surface area contributed by atoms with Crippen LogP contribution in [0.25, 0.3) is 0 Å². The second kappa shape index (κ2) is 5.07. The highest BCUT2D eigenvalue weighted by Gasteiger charge is 2.19. The van der Waals surface area contributed by atoms with Crippen LogP contribution < -0.4 is 5.32 Å². The molecule has 16 heavy (non-hydrogen) atoms. The third kappa shape index (κ3) is 3.03. The largest absolute Gasteiger partial charge is 0.314 e. The van der Waals surface area contributed by atoms with E-state index in [0.29, 0.717) is 6.04 Å². The first-order valence-electron chi connectivity index (χ1n) is 5.73. The molecule has 1 aromatic rings. The zero-order valence-electron chi connectivity index (χ0n) is 9.19. The van der Waals surface area contributed by atoms with Gasteiger partial charge in [0.1, 0.15) is 0 Å². The maximum Gasteiger partial charge on any atom is 0.272 e. The zero-order chi connectivity index (χ0) is 11.4. The van der Waals surface area contributed by atoms with Gasteiger partial charge in [-0.25, -0.2) is 0 Å². The molecule has 0 unspecified atom stereocenters. The molecule has 1 aromatic carbocycles. The van der Waals surface area contributed by atoms with Gasteiger partial charge < -0.3 is 5.32 Å². The van der Waals surface area contributed by atoms with Gasteiger partial charge in [0, 0.05) is 17.7 Å². The van der Waals surface area contributed by atoms with E-state index in [4.69, 9.17) is 0 Å². The van der Waals surface area contributed by atoms with Crippen molar-refractivity contribution in [2.45, 2.75) is 31.7 Å². The lowest BCUT2D eigenvalue weighted by molar-refractivity contribution is -0.385. The highest BCUT2D eigenvalue weighted by atomic mass is 16.6. The van der Waals surface area contributed by atoms with Crippen molar-refractivity contribution in [3.05, 3.63) is 39.9 Å². The van der Waals surface area contributed by atoms with Crippen molar-refractivity contribution >= 4 is 5.69 Å². The van der Waals surface area contributed by atoms with Crippen molar-refractivity contribution in [1.29, 1.82) is 0 Å². The third-order valence-corrected chi connectivity index (χ3v) is 2.82. The van der Waals surface area contributed by atoms with E-state index in [-0.39, 0.29) is 10.6 Å². The Morgan fingerprint density at radius 3 is 2.81 bits per heavy atom. The van der Waals surface area contributed by atoms with E-state index in [9.17, 15) is 10.1 Å². The third-order valence-electron chi connectivity index (χ3n) is 2.82. The molecule has 4 nitrogen and oxygen atoms in total. The van der Waals surface area contributed by atoms with Crippen molar-refractivity contribution in [2.24, 2.45) is 0 Å². The second-order valence-electron chi connectivity index (χ2n) is 4.22. The topological polar surface area (TPSA) is 55.2 Å². The molecule has 0 bridgehead atoms. The summed E-state index contributed by atoms with van der Waals surface area (Å²) < 4.78 is 0. The molecule has 0 aliphatic heterocycles. The lowest BCUT2D eigenvalue weighted by atomic mass is 10.1. The maximum atomic E-state index is 10.8. The molecular formula is C12H16N2O2. The Morgan fingerprint density at radius 2 is 2.12 bits per heavy atom. The van der Waals surface area contributed by atoms with Gasteiger partial charge in [0.25, 0.3) is 5.69 Å².